The molecule has 1 N–H and O–H groups in total. The predicted octanol–water partition coefficient (Wildman–Crippen LogP) is 2.02. The van der Waals surface area contributed by atoms with Crippen molar-refractivity contribution in [3.8, 4) is 0 Å². The average molecular weight is 264 g/mol. The number of fused-ring (bicyclic) bond motifs is 1. The Hall–Kier alpha value is -0.120. The fourth-order valence-corrected chi connectivity index (χ4v) is 5.05. The minimum Gasteiger partial charge on any atom is -0.375 e. The van der Waals surface area contributed by atoms with E-state index in [0.29, 0.717) is 0 Å². The Morgan fingerprint density at radius 3 is 2.47 bits per heavy atom. The first-order chi connectivity index (χ1) is 9.35. The van der Waals surface area contributed by atoms with Crippen molar-refractivity contribution in [3.05, 3.63) is 0 Å². The molecule has 1 spiro atoms. The van der Waals surface area contributed by atoms with E-state index in [1.165, 1.54) is 71.1 Å². The highest BCUT2D eigenvalue weighted by atomic mass is 16.5. The number of rotatable bonds is 1. The number of nitrogens with zero attached hydrogens (tertiary/aromatic N) is 1. The van der Waals surface area contributed by atoms with Gasteiger partial charge in [0.15, 0.2) is 0 Å². The Labute approximate surface area is 117 Å². The van der Waals surface area contributed by atoms with E-state index in [9.17, 15) is 0 Å². The quantitative estimate of drug-likeness (QED) is 0.784. The molecule has 1 saturated carbocycles. The molecule has 4 aliphatic rings. The van der Waals surface area contributed by atoms with Crippen molar-refractivity contribution in [3.63, 3.8) is 0 Å². The molecule has 1 aliphatic carbocycles. The zero-order valence-corrected chi connectivity index (χ0v) is 12.1. The molecular weight excluding hydrogens is 236 g/mol. The number of hydrogen-bond donors (Lipinski definition) is 1. The van der Waals surface area contributed by atoms with Crippen LogP contribution in [0.15, 0.2) is 0 Å². The van der Waals surface area contributed by atoms with Gasteiger partial charge >= 0.3 is 0 Å². The van der Waals surface area contributed by atoms with Gasteiger partial charge < -0.3 is 10.1 Å². The SMILES string of the molecule is C1CCC2(CC1)CC(N1C[C@H]3CNC[C@H]3C1)CCO2. The van der Waals surface area contributed by atoms with Crippen molar-refractivity contribution in [2.75, 3.05) is 32.8 Å². The summed E-state index contributed by atoms with van der Waals surface area (Å²) < 4.78 is 6.25. The molecule has 3 saturated heterocycles. The summed E-state index contributed by atoms with van der Waals surface area (Å²) in [4.78, 5) is 2.81. The molecule has 4 rings (SSSR count). The summed E-state index contributed by atoms with van der Waals surface area (Å²) in [6.07, 6.45) is 9.45. The third kappa shape index (κ3) is 2.34. The van der Waals surface area contributed by atoms with Crippen LogP contribution in [-0.4, -0.2) is 49.3 Å². The van der Waals surface area contributed by atoms with E-state index in [0.717, 1.165) is 24.5 Å². The fraction of sp³-hybridized carbons (Fsp3) is 1.00. The number of ether oxygens (including phenoxy) is 1. The van der Waals surface area contributed by atoms with E-state index in [4.69, 9.17) is 4.74 Å². The maximum absolute atomic E-state index is 6.25. The van der Waals surface area contributed by atoms with Crippen molar-refractivity contribution in [1.29, 1.82) is 0 Å². The molecule has 108 valence electrons. The fourth-order valence-electron chi connectivity index (χ4n) is 5.05. The van der Waals surface area contributed by atoms with E-state index in [1.54, 1.807) is 0 Å². The molecule has 0 radical (unpaired) electrons. The van der Waals surface area contributed by atoms with Gasteiger partial charge in [0.05, 0.1) is 5.60 Å². The molecule has 0 aromatic rings. The standard InChI is InChI=1S/C16H28N2O/c1-2-5-16(6-3-1)8-15(4-7-19-16)18-11-13-9-17-10-14(13)12-18/h13-15,17H,1-12H2/t13-,14+,15?. The van der Waals surface area contributed by atoms with E-state index in [1.807, 2.05) is 0 Å². The second-order valence-corrected chi connectivity index (χ2v) is 7.37. The first kappa shape index (κ1) is 12.6. The summed E-state index contributed by atoms with van der Waals surface area (Å²) in [5.41, 5.74) is 0.275. The van der Waals surface area contributed by atoms with Gasteiger partial charge in [-0.2, -0.15) is 0 Å². The van der Waals surface area contributed by atoms with Gasteiger partial charge in [-0.3, -0.25) is 4.90 Å². The van der Waals surface area contributed by atoms with Crippen molar-refractivity contribution in [2.45, 2.75) is 56.6 Å². The Morgan fingerprint density at radius 2 is 1.74 bits per heavy atom. The third-order valence-electron chi connectivity index (χ3n) is 6.17. The van der Waals surface area contributed by atoms with Gasteiger partial charge in [0.25, 0.3) is 0 Å². The lowest BCUT2D eigenvalue weighted by Gasteiger charge is -2.46. The van der Waals surface area contributed by atoms with Crippen LogP contribution in [0, 0.1) is 11.8 Å². The van der Waals surface area contributed by atoms with Gasteiger partial charge in [-0.25, -0.2) is 0 Å². The molecule has 3 nitrogen and oxygen atoms in total. The van der Waals surface area contributed by atoms with Crippen molar-refractivity contribution >= 4 is 0 Å². The normalized spacial score (nSPS) is 42.6. The van der Waals surface area contributed by atoms with E-state index < -0.39 is 0 Å². The minimum absolute atomic E-state index is 0.275. The number of likely N-dealkylation sites (tertiary alicyclic amines) is 1. The molecule has 3 heteroatoms. The number of hydrogen-bond acceptors (Lipinski definition) is 3. The Balaban J connectivity index is 1.41. The lowest BCUT2D eigenvalue weighted by Crippen LogP contribution is -2.49. The molecule has 0 aromatic heterocycles. The predicted molar refractivity (Wildman–Crippen MR) is 76.2 cm³/mol. The van der Waals surface area contributed by atoms with Crippen molar-refractivity contribution in [1.82, 2.24) is 10.2 Å². The van der Waals surface area contributed by atoms with Gasteiger partial charge in [0.2, 0.25) is 0 Å². The van der Waals surface area contributed by atoms with Crippen LogP contribution in [0.25, 0.3) is 0 Å². The molecule has 3 heterocycles. The lowest BCUT2D eigenvalue weighted by atomic mass is 9.78. The van der Waals surface area contributed by atoms with Crippen LogP contribution in [0.4, 0.5) is 0 Å². The zero-order valence-electron chi connectivity index (χ0n) is 12.1. The molecule has 0 aromatic carbocycles. The van der Waals surface area contributed by atoms with Crippen LogP contribution < -0.4 is 5.32 Å². The van der Waals surface area contributed by atoms with Gasteiger partial charge in [-0.05, 0) is 50.6 Å². The zero-order chi connectivity index (χ0) is 12.7. The summed E-state index contributed by atoms with van der Waals surface area (Å²) in [6.45, 7) is 6.22. The van der Waals surface area contributed by atoms with Gasteiger partial charge in [-0.1, -0.05) is 19.3 Å². The summed E-state index contributed by atoms with van der Waals surface area (Å²) in [6, 6.07) is 0.817. The third-order valence-corrected chi connectivity index (χ3v) is 6.17. The summed E-state index contributed by atoms with van der Waals surface area (Å²) in [7, 11) is 0. The smallest absolute Gasteiger partial charge is 0.0697 e. The maximum atomic E-state index is 6.25. The van der Waals surface area contributed by atoms with Crippen LogP contribution in [0.5, 0.6) is 0 Å². The van der Waals surface area contributed by atoms with Gasteiger partial charge in [0.1, 0.15) is 0 Å². The Bertz CT molecular complexity index is 309. The highest BCUT2D eigenvalue weighted by molar-refractivity contribution is 4.98. The molecule has 19 heavy (non-hydrogen) atoms. The van der Waals surface area contributed by atoms with Crippen LogP contribution in [-0.2, 0) is 4.74 Å². The van der Waals surface area contributed by atoms with E-state index >= 15 is 0 Å². The van der Waals surface area contributed by atoms with E-state index in [2.05, 4.69) is 10.2 Å². The second kappa shape index (κ2) is 5.01. The molecule has 3 atom stereocenters. The van der Waals surface area contributed by atoms with Crippen LogP contribution in [0.3, 0.4) is 0 Å². The molecule has 1 unspecified atom stereocenters. The number of nitrogens with one attached hydrogen (secondary N) is 1. The van der Waals surface area contributed by atoms with Crippen LogP contribution in [0.2, 0.25) is 0 Å². The molecule has 3 aliphatic heterocycles. The van der Waals surface area contributed by atoms with Crippen molar-refractivity contribution < 1.29 is 4.74 Å². The monoisotopic (exact) mass is 264 g/mol. The van der Waals surface area contributed by atoms with Crippen LogP contribution >= 0.6 is 0 Å². The lowest BCUT2D eigenvalue weighted by molar-refractivity contribution is -0.122. The Kier molecular flexibility index (Phi) is 3.33. The molecule has 4 fully saturated rings. The second-order valence-electron chi connectivity index (χ2n) is 7.37. The Morgan fingerprint density at radius 1 is 1.00 bits per heavy atom. The highest BCUT2D eigenvalue weighted by Gasteiger charge is 2.44. The largest absolute Gasteiger partial charge is 0.375 e. The summed E-state index contributed by atoms with van der Waals surface area (Å²) in [5.74, 6) is 1.87. The first-order valence-electron chi connectivity index (χ1n) is 8.43. The van der Waals surface area contributed by atoms with Crippen molar-refractivity contribution in [2.24, 2.45) is 11.8 Å². The average Bonchev–Trinajstić information content (AvgIpc) is 3.00. The maximum Gasteiger partial charge on any atom is 0.0697 e. The van der Waals surface area contributed by atoms with Gasteiger partial charge in [0, 0.05) is 25.7 Å². The molecule has 0 bridgehead atoms. The molecular formula is C16H28N2O. The first-order valence-corrected chi connectivity index (χ1v) is 8.43. The topological polar surface area (TPSA) is 24.5 Å². The molecule has 0 amide bonds. The summed E-state index contributed by atoms with van der Waals surface area (Å²) >= 11 is 0. The highest BCUT2D eigenvalue weighted by Crippen LogP contribution is 2.41. The minimum atomic E-state index is 0.275. The van der Waals surface area contributed by atoms with Crippen LogP contribution in [0.1, 0.15) is 44.9 Å². The summed E-state index contributed by atoms with van der Waals surface area (Å²) in [5, 5.41) is 3.55. The van der Waals surface area contributed by atoms with E-state index in [-0.39, 0.29) is 5.60 Å². The van der Waals surface area contributed by atoms with Gasteiger partial charge in [-0.15, -0.1) is 0 Å².